The zero-order valence-corrected chi connectivity index (χ0v) is 11.3. The fourth-order valence-corrected chi connectivity index (χ4v) is 2.85. The number of hydrogen-bond donors (Lipinski definition) is 1. The highest BCUT2D eigenvalue weighted by molar-refractivity contribution is 5.75. The van der Waals surface area contributed by atoms with Gasteiger partial charge in [0.25, 0.3) is 0 Å². The van der Waals surface area contributed by atoms with Crippen LogP contribution in [0.1, 0.15) is 30.5 Å². The van der Waals surface area contributed by atoms with Crippen LogP contribution in [0.25, 0.3) is 0 Å². The maximum Gasteiger partial charge on any atom is 0.308 e. The molecule has 1 aliphatic carbocycles. The van der Waals surface area contributed by atoms with E-state index in [-0.39, 0.29) is 11.9 Å². The number of nitrogens with zero attached hydrogens (tertiary/aromatic N) is 1. The summed E-state index contributed by atoms with van der Waals surface area (Å²) in [6.45, 7) is 1.02. The Morgan fingerprint density at radius 3 is 3.26 bits per heavy atom. The molecule has 102 valence electrons. The van der Waals surface area contributed by atoms with Crippen molar-refractivity contribution in [2.45, 2.75) is 32.1 Å². The smallest absolute Gasteiger partial charge is 0.308 e. The Hall–Kier alpha value is -1.58. The van der Waals surface area contributed by atoms with E-state index in [1.54, 1.807) is 0 Å². The van der Waals surface area contributed by atoms with Gasteiger partial charge in [0.15, 0.2) is 0 Å². The lowest BCUT2D eigenvalue weighted by Crippen LogP contribution is -2.14. The number of aromatic nitrogens is 1. The van der Waals surface area contributed by atoms with Crippen LogP contribution in [0.2, 0.25) is 0 Å². The fraction of sp³-hybridized carbons (Fsp3) is 0.600. The van der Waals surface area contributed by atoms with Gasteiger partial charge in [-0.15, -0.1) is 0 Å². The number of carbonyl (C=O) groups excluding carboxylic acids is 1. The number of hydrogen-bond acceptors (Lipinski definition) is 4. The van der Waals surface area contributed by atoms with Crippen molar-refractivity contribution in [3.8, 4) is 0 Å². The third-order valence-corrected chi connectivity index (χ3v) is 4.15. The van der Waals surface area contributed by atoms with Crippen LogP contribution < -0.4 is 5.32 Å². The second-order valence-corrected chi connectivity index (χ2v) is 5.50. The molecule has 3 rings (SSSR count). The monoisotopic (exact) mass is 260 g/mol. The summed E-state index contributed by atoms with van der Waals surface area (Å²) < 4.78 is 4.77. The van der Waals surface area contributed by atoms with Crippen LogP contribution in [0.4, 0.5) is 5.82 Å². The molecule has 1 aromatic heterocycles. The number of pyridine rings is 1. The van der Waals surface area contributed by atoms with E-state index in [9.17, 15) is 4.79 Å². The number of esters is 1. The number of methoxy groups -OCH3 is 1. The first kappa shape index (κ1) is 12.5. The van der Waals surface area contributed by atoms with Crippen molar-refractivity contribution in [2.24, 2.45) is 11.8 Å². The van der Waals surface area contributed by atoms with Crippen molar-refractivity contribution < 1.29 is 9.53 Å². The van der Waals surface area contributed by atoms with E-state index < -0.39 is 0 Å². The van der Waals surface area contributed by atoms with Gasteiger partial charge >= 0.3 is 5.97 Å². The molecule has 2 atom stereocenters. The molecule has 1 aliphatic heterocycles. The van der Waals surface area contributed by atoms with Crippen molar-refractivity contribution >= 4 is 11.8 Å². The molecule has 19 heavy (non-hydrogen) atoms. The van der Waals surface area contributed by atoms with Crippen LogP contribution >= 0.6 is 0 Å². The number of fused-ring (bicyclic) bond motifs is 1. The van der Waals surface area contributed by atoms with E-state index >= 15 is 0 Å². The normalized spacial score (nSPS) is 24.3. The lowest BCUT2D eigenvalue weighted by Gasteiger charge is -2.17. The second kappa shape index (κ2) is 5.19. The van der Waals surface area contributed by atoms with E-state index in [0.29, 0.717) is 5.92 Å². The molecule has 0 aromatic carbocycles. The Morgan fingerprint density at radius 2 is 2.42 bits per heavy atom. The lowest BCUT2D eigenvalue weighted by molar-refractivity contribution is -0.142. The third-order valence-electron chi connectivity index (χ3n) is 4.15. The number of carbonyl (C=O) groups is 1. The summed E-state index contributed by atoms with van der Waals surface area (Å²) in [4.78, 5) is 16.0. The topological polar surface area (TPSA) is 51.2 Å². The van der Waals surface area contributed by atoms with Gasteiger partial charge in [-0.1, -0.05) is 6.07 Å². The number of ether oxygens (including phenoxy) is 1. The van der Waals surface area contributed by atoms with Crippen LogP contribution in [0.5, 0.6) is 0 Å². The van der Waals surface area contributed by atoms with Gasteiger partial charge in [-0.05, 0) is 49.7 Å². The number of aryl methyl sites for hydroxylation is 2. The van der Waals surface area contributed by atoms with E-state index in [2.05, 4.69) is 22.4 Å². The van der Waals surface area contributed by atoms with E-state index in [4.69, 9.17) is 4.74 Å². The zero-order valence-electron chi connectivity index (χ0n) is 11.3. The van der Waals surface area contributed by atoms with Crippen LogP contribution in [0.15, 0.2) is 12.1 Å². The first-order valence-corrected chi connectivity index (χ1v) is 7.08. The molecule has 0 spiro atoms. The predicted molar refractivity (Wildman–Crippen MR) is 73.0 cm³/mol. The average Bonchev–Trinajstić information content (AvgIpc) is 3.23. The Bertz CT molecular complexity index is 487. The molecule has 0 radical (unpaired) electrons. The lowest BCUT2D eigenvalue weighted by atomic mass is 10.1. The number of anilines is 1. The Labute approximate surface area is 113 Å². The molecule has 1 saturated carbocycles. The molecule has 1 fully saturated rings. The Kier molecular flexibility index (Phi) is 3.40. The van der Waals surface area contributed by atoms with Gasteiger partial charge in [-0.25, -0.2) is 4.98 Å². The first-order chi connectivity index (χ1) is 9.28. The highest BCUT2D eigenvalue weighted by Crippen LogP contribution is 2.42. The third kappa shape index (κ3) is 2.72. The molecule has 0 bridgehead atoms. The van der Waals surface area contributed by atoms with Gasteiger partial charge in [-0.3, -0.25) is 4.79 Å². The second-order valence-electron chi connectivity index (χ2n) is 5.50. The van der Waals surface area contributed by atoms with Crippen LogP contribution in [-0.2, 0) is 22.4 Å². The molecule has 2 heterocycles. The number of nitrogens with one attached hydrogen (secondary N) is 1. The van der Waals surface area contributed by atoms with Gasteiger partial charge in [0.2, 0.25) is 0 Å². The molecule has 4 nitrogen and oxygen atoms in total. The van der Waals surface area contributed by atoms with Gasteiger partial charge in [-0.2, -0.15) is 0 Å². The summed E-state index contributed by atoms with van der Waals surface area (Å²) in [6.07, 6.45) is 5.29. The fourth-order valence-electron chi connectivity index (χ4n) is 2.85. The molecule has 2 aliphatic rings. The summed E-state index contributed by atoms with van der Waals surface area (Å²) in [5, 5.41) is 3.36. The van der Waals surface area contributed by atoms with E-state index in [1.165, 1.54) is 19.1 Å². The number of rotatable bonds is 4. The van der Waals surface area contributed by atoms with Crippen LogP contribution in [-0.4, -0.2) is 24.6 Å². The van der Waals surface area contributed by atoms with Crippen molar-refractivity contribution in [3.05, 3.63) is 23.4 Å². The quantitative estimate of drug-likeness (QED) is 0.843. The van der Waals surface area contributed by atoms with Gasteiger partial charge in [0, 0.05) is 12.2 Å². The maximum absolute atomic E-state index is 11.3. The summed E-state index contributed by atoms with van der Waals surface area (Å²) in [5.74, 6) is 1.65. The molecule has 0 unspecified atom stereocenters. The van der Waals surface area contributed by atoms with Crippen molar-refractivity contribution in [1.82, 2.24) is 4.98 Å². The average molecular weight is 260 g/mol. The predicted octanol–water partition coefficient (Wildman–Crippen LogP) is 2.18. The highest BCUT2D eigenvalue weighted by atomic mass is 16.5. The summed E-state index contributed by atoms with van der Waals surface area (Å²) >= 11 is 0. The summed E-state index contributed by atoms with van der Waals surface area (Å²) in [6, 6.07) is 4.32. The standard InChI is InChI=1S/C15H20N2O2/c1-19-15(18)13-9-11(13)5-7-12-6-4-10-3-2-8-16-14(10)17-12/h4,6,11,13H,2-3,5,7-9H2,1H3,(H,16,17)/t11-,13-/m1/s1. The van der Waals surface area contributed by atoms with Gasteiger partial charge < -0.3 is 10.1 Å². The minimum atomic E-state index is -0.0509. The molecule has 4 heteroatoms. The minimum Gasteiger partial charge on any atom is -0.469 e. The Balaban J connectivity index is 1.55. The molecular formula is C15H20N2O2. The molecule has 0 amide bonds. The molecule has 1 aromatic rings. The van der Waals surface area contributed by atoms with Crippen molar-refractivity contribution in [2.75, 3.05) is 19.0 Å². The van der Waals surface area contributed by atoms with Gasteiger partial charge in [0.05, 0.1) is 13.0 Å². The molecular weight excluding hydrogens is 240 g/mol. The largest absolute Gasteiger partial charge is 0.469 e. The molecule has 0 saturated heterocycles. The van der Waals surface area contributed by atoms with E-state index in [0.717, 1.165) is 43.7 Å². The van der Waals surface area contributed by atoms with Crippen LogP contribution in [0.3, 0.4) is 0 Å². The van der Waals surface area contributed by atoms with Crippen molar-refractivity contribution in [1.29, 1.82) is 0 Å². The summed E-state index contributed by atoms with van der Waals surface area (Å²) in [5.41, 5.74) is 2.46. The first-order valence-electron chi connectivity index (χ1n) is 7.08. The molecule has 1 N–H and O–H groups in total. The zero-order chi connectivity index (χ0) is 13.2. The van der Waals surface area contributed by atoms with Crippen LogP contribution in [0, 0.1) is 11.8 Å². The minimum absolute atomic E-state index is 0.0509. The van der Waals surface area contributed by atoms with Crippen molar-refractivity contribution in [3.63, 3.8) is 0 Å². The maximum atomic E-state index is 11.3. The van der Waals surface area contributed by atoms with E-state index in [1.807, 2.05) is 0 Å². The summed E-state index contributed by atoms with van der Waals surface area (Å²) in [7, 11) is 1.47. The highest BCUT2D eigenvalue weighted by Gasteiger charge is 2.43. The SMILES string of the molecule is COC(=O)[C@@H]1C[C@H]1CCc1ccc2c(n1)NCCC2. The Morgan fingerprint density at radius 1 is 1.53 bits per heavy atom. The van der Waals surface area contributed by atoms with Gasteiger partial charge in [0.1, 0.15) is 5.82 Å².